The van der Waals surface area contributed by atoms with Crippen molar-refractivity contribution in [2.75, 3.05) is 6.61 Å². The number of hydrogen-bond donors (Lipinski definition) is 1. The van der Waals surface area contributed by atoms with E-state index in [1.54, 1.807) is 0 Å². The van der Waals surface area contributed by atoms with Gasteiger partial charge in [0.15, 0.2) is 0 Å². The fourth-order valence-electron chi connectivity index (χ4n) is 8.19. The van der Waals surface area contributed by atoms with E-state index in [1.807, 2.05) is 0 Å². The molecule has 0 aromatic rings. The molecule has 0 aliphatic heterocycles. The molecule has 0 aromatic carbocycles. The lowest BCUT2D eigenvalue weighted by molar-refractivity contribution is -0.144. The number of hydrogen-bond acceptors (Lipinski definition) is 3. The van der Waals surface area contributed by atoms with Gasteiger partial charge in [0.1, 0.15) is 0 Å². The number of carboxylic acid groups (broad SMARTS) is 1. The van der Waals surface area contributed by atoms with Crippen LogP contribution in [0.5, 0.6) is 0 Å². The SMILES string of the molecule is CCCCC/C=C\C/C=C\C/C=C\C/C=C\CCCC(=O)O.CCCCCCCCCCCCCCCCCCCCOC(=O)CCCCCCCCCCCCCCCCCCC. The molecule has 0 saturated carbocycles. The average molecular weight is 898 g/mol. The summed E-state index contributed by atoms with van der Waals surface area (Å²) >= 11 is 0. The summed E-state index contributed by atoms with van der Waals surface area (Å²) in [5.74, 6) is -0.682. The smallest absolute Gasteiger partial charge is 0.305 e. The van der Waals surface area contributed by atoms with E-state index in [-0.39, 0.29) is 12.4 Å². The number of aliphatic carboxylic acids is 1. The normalized spacial score (nSPS) is 11.7. The third kappa shape index (κ3) is 64.2. The molecule has 0 unspecified atom stereocenters. The van der Waals surface area contributed by atoms with Gasteiger partial charge in [0.25, 0.3) is 0 Å². The molecule has 0 saturated heterocycles. The summed E-state index contributed by atoms with van der Waals surface area (Å²) < 4.78 is 5.46. The molecular formula is C60H112O4. The zero-order valence-corrected chi connectivity index (χ0v) is 43.5. The van der Waals surface area contributed by atoms with Crippen molar-refractivity contribution in [3.05, 3.63) is 48.6 Å². The van der Waals surface area contributed by atoms with Gasteiger partial charge in [0.05, 0.1) is 6.61 Å². The van der Waals surface area contributed by atoms with Gasteiger partial charge in [0.2, 0.25) is 0 Å². The number of carboxylic acids is 1. The Morgan fingerprint density at radius 1 is 0.312 bits per heavy atom. The largest absolute Gasteiger partial charge is 0.481 e. The van der Waals surface area contributed by atoms with Crippen molar-refractivity contribution in [2.24, 2.45) is 0 Å². The molecular weight excluding hydrogens is 785 g/mol. The van der Waals surface area contributed by atoms with E-state index < -0.39 is 5.97 Å². The van der Waals surface area contributed by atoms with Crippen LogP contribution in [-0.2, 0) is 14.3 Å². The molecule has 0 aliphatic carbocycles. The highest BCUT2D eigenvalue weighted by Gasteiger charge is 2.03. The quantitative estimate of drug-likeness (QED) is 0.0375. The summed E-state index contributed by atoms with van der Waals surface area (Å²) in [6, 6.07) is 0. The van der Waals surface area contributed by atoms with Crippen molar-refractivity contribution in [3.8, 4) is 0 Å². The summed E-state index contributed by atoms with van der Waals surface area (Å²) in [5.41, 5.74) is 0. The van der Waals surface area contributed by atoms with Crippen molar-refractivity contribution in [1.82, 2.24) is 0 Å². The highest BCUT2D eigenvalue weighted by Crippen LogP contribution is 2.16. The van der Waals surface area contributed by atoms with Gasteiger partial charge in [-0.1, -0.05) is 294 Å². The Morgan fingerprint density at radius 2 is 0.578 bits per heavy atom. The number of esters is 1. The highest BCUT2D eigenvalue weighted by molar-refractivity contribution is 5.69. The molecule has 4 nitrogen and oxygen atoms in total. The Balaban J connectivity index is 0. The number of rotatable bonds is 51. The number of allylic oxidation sites excluding steroid dienone is 8. The second kappa shape index (κ2) is 60.9. The molecule has 0 radical (unpaired) electrons. The van der Waals surface area contributed by atoms with Crippen LogP contribution in [0, 0.1) is 0 Å². The standard InChI is InChI=1S/C40H80O2.C20H32O2/c1-3-5-7-9-11-13-15-17-19-21-23-25-27-29-31-33-35-37-39-42-40(41)38-36-34-32-30-28-26-24-22-20-18-16-14-12-10-8-6-4-2;1-2-3-4-5-6-7-8-9-10-11-12-13-14-15-16-17-18-19-20(21)22/h3-39H2,1-2H3;6-7,9-10,12-13,15-16H,2-5,8,11,14,17-19H2,1H3,(H,21,22)/b;7-6-,10-9-,13-12-,16-15-. The number of unbranched alkanes of at least 4 members (excludes halogenated alkanes) is 37. The second-order valence-electron chi connectivity index (χ2n) is 19.0. The maximum absolute atomic E-state index is 12.0. The minimum atomic E-state index is -0.712. The van der Waals surface area contributed by atoms with E-state index in [9.17, 15) is 9.59 Å². The van der Waals surface area contributed by atoms with Crippen LogP contribution in [0.2, 0.25) is 0 Å². The molecule has 0 amide bonds. The zero-order chi connectivity index (χ0) is 46.8. The molecule has 0 aliphatic rings. The summed E-state index contributed by atoms with van der Waals surface area (Å²) in [4.78, 5) is 22.3. The Kier molecular flexibility index (Phi) is 60.9. The monoisotopic (exact) mass is 897 g/mol. The first-order valence-electron chi connectivity index (χ1n) is 28.6. The summed E-state index contributed by atoms with van der Waals surface area (Å²) in [6.07, 6.45) is 76.3. The predicted octanol–water partition coefficient (Wildman–Crippen LogP) is 20.8. The number of carbonyl (C=O) groups is 2. The molecule has 0 bridgehead atoms. The predicted molar refractivity (Wildman–Crippen MR) is 285 cm³/mol. The van der Waals surface area contributed by atoms with Crippen molar-refractivity contribution in [3.63, 3.8) is 0 Å². The average Bonchev–Trinajstić information content (AvgIpc) is 3.29. The van der Waals surface area contributed by atoms with Gasteiger partial charge >= 0.3 is 11.9 Å². The number of carbonyl (C=O) groups excluding carboxylic acids is 1. The van der Waals surface area contributed by atoms with Gasteiger partial charge in [-0.15, -0.1) is 0 Å². The lowest BCUT2D eigenvalue weighted by Crippen LogP contribution is -2.05. The van der Waals surface area contributed by atoms with E-state index in [1.165, 1.54) is 238 Å². The summed E-state index contributed by atoms with van der Waals surface area (Å²) in [6.45, 7) is 7.46. The molecule has 376 valence electrons. The third-order valence-corrected chi connectivity index (χ3v) is 12.5. The summed E-state index contributed by atoms with van der Waals surface area (Å²) in [5, 5.41) is 8.49. The fraction of sp³-hybridized carbons (Fsp3) is 0.833. The minimum Gasteiger partial charge on any atom is -0.481 e. The molecule has 0 aromatic heterocycles. The van der Waals surface area contributed by atoms with Gasteiger partial charge < -0.3 is 9.84 Å². The van der Waals surface area contributed by atoms with E-state index in [0.29, 0.717) is 13.0 Å². The third-order valence-electron chi connectivity index (χ3n) is 12.5. The lowest BCUT2D eigenvalue weighted by atomic mass is 10.0. The van der Waals surface area contributed by atoms with Crippen molar-refractivity contribution >= 4 is 11.9 Å². The van der Waals surface area contributed by atoms with E-state index in [2.05, 4.69) is 69.4 Å². The Labute approximate surface area is 401 Å². The van der Waals surface area contributed by atoms with E-state index in [0.717, 1.165) is 44.9 Å². The Morgan fingerprint density at radius 3 is 0.906 bits per heavy atom. The van der Waals surface area contributed by atoms with E-state index >= 15 is 0 Å². The summed E-state index contributed by atoms with van der Waals surface area (Å²) in [7, 11) is 0. The molecule has 0 fully saturated rings. The van der Waals surface area contributed by atoms with E-state index in [4.69, 9.17) is 9.84 Å². The van der Waals surface area contributed by atoms with Crippen molar-refractivity contribution in [1.29, 1.82) is 0 Å². The second-order valence-corrected chi connectivity index (χ2v) is 19.0. The van der Waals surface area contributed by atoms with Crippen LogP contribution in [0.15, 0.2) is 48.6 Å². The maximum atomic E-state index is 12.0. The fourth-order valence-corrected chi connectivity index (χ4v) is 8.19. The van der Waals surface area contributed by atoms with Crippen molar-refractivity contribution in [2.45, 2.75) is 316 Å². The van der Waals surface area contributed by atoms with Crippen LogP contribution in [-0.4, -0.2) is 23.7 Å². The zero-order valence-electron chi connectivity index (χ0n) is 43.5. The Bertz CT molecular complexity index is 1010. The first-order valence-corrected chi connectivity index (χ1v) is 28.6. The molecule has 0 spiro atoms. The Hall–Kier alpha value is -2.10. The van der Waals surface area contributed by atoms with Crippen molar-refractivity contribution < 1.29 is 19.4 Å². The van der Waals surface area contributed by atoms with Crippen LogP contribution >= 0.6 is 0 Å². The topological polar surface area (TPSA) is 63.6 Å². The van der Waals surface area contributed by atoms with Crippen LogP contribution < -0.4 is 0 Å². The minimum absolute atomic E-state index is 0.0305. The highest BCUT2D eigenvalue weighted by atomic mass is 16.5. The van der Waals surface area contributed by atoms with Gasteiger partial charge in [-0.2, -0.15) is 0 Å². The van der Waals surface area contributed by atoms with Gasteiger partial charge in [-0.3, -0.25) is 9.59 Å². The molecule has 1 N–H and O–H groups in total. The first-order chi connectivity index (χ1) is 31.6. The molecule has 4 heteroatoms. The van der Waals surface area contributed by atoms with Gasteiger partial charge in [-0.05, 0) is 57.8 Å². The first kappa shape index (κ1) is 64.0. The molecule has 0 heterocycles. The van der Waals surface area contributed by atoms with Crippen LogP contribution in [0.25, 0.3) is 0 Å². The molecule has 0 rings (SSSR count). The van der Waals surface area contributed by atoms with Crippen LogP contribution in [0.4, 0.5) is 0 Å². The molecule has 64 heavy (non-hydrogen) atoms. The van der Waals surface area contributed by atoms with Gasteiger partial charge in [-0.25, -0.2) is 0 Å². The maximum Gasteiger partial charge on any atom is 0.305 e. The molecule has 0 atom stereocenters. The van der Waals surface area contributed by atoms with Crippen LogP contribution in [0.3, 0.4) is 0 Å². The lowest BCUT2D eigenvalue weighted by Gasteiger charge is -2.06. The van der Waals surface area contributed by atoms with Crippen LogP contribution in [0.1, 0.15) is 316 Å². The van der Waals surface area contributed by atoms with Gasteiger partial charge in [0, 0.05) is 12.8 Å². The number of ether oxygens (including phenoxy) is 1.